The molecule has 0 amide bonds. The Bertz CT molecular complexity index is 647. The van der Waals surface area contributed by atoms with Gasteiger partial charge in [-0.2, -0.15) is 0 Å². The molecule has 21 heavy (non-hydrogen) atoms. The van der Waals surface area contributed by atoms with Gasteiger partial charge in [0.15, 0.2) is 23.1 Å². The first-order valence-corrected chi connectivity index (χ1v) is 6.74. The molecule has 3 rings (SSSR count). The van der Waals surface area contributed by atoms with Gasteiger partial charge in [0.2, 0.25) is 6.79 Å². The van der Waals surface area contributed by atoms with Crippen LogP contribution in [-0.4, -0.2) is 23.3 Å². The highest BCUT2D eigenvalue weighted by Crippen LogP contribution is 2.32. The zero-order valence-corrected chi connectivity index (χ0v) is 11.7. The summed E-state index contributed by atoms with van der Waals surface area (Å²) in [5.41, 5.74) is 7.60. The normalized spacial score (nSPS) is 12.2. The van der Waals surface area contributed by atoms with Gasteiger partial charge in [-0.1, -0.05) is 6.07 Å². The molecular weight excluding hydrogens is 270 g/mol. The number of nitrogen functional groups attached to an aromatic ring is 1. The van der Waals surface area contributed by atoms with Crippen molar-refractivity contribution in [3.05, 3.63) is 30.1 Å². The van der Waals surface area contributed by atoms with Crippen molar-refractivity contribution in [2.24, 2.45) is 0 Å². The Kier molecular flexibility index (Phi) is 3.63. The largest absolute Gasteiger partial charge is 0.454 e. The van der Waals surface area contributed by atoms with E-state index in [4.69, 9.17) is 15.2 Å². The molecule has 2 heterocycles. The van der Waals surface area contributed by atoms with Crippen LogP contribution in [0.15, 0.2) is 24.5 Å². The van der Waals surface area contributed by atoms with E-state index in [9.17, 15) is 0 Å². The van der Waals surface area contributed by atoms with Gasteiger partial charge in [0.25, 0.3) is 0 Å². The first-order chi connectivity index (χ1) is 10.3. The van der Waals surface area contributed by atoms with Crippen molar-refractivity contribution >= 4 is 17.3 Å². The smallest absolute Gasteiger partial charge is 0.231 e. The van der Waals surface area contributed by atoms with Gasteiger partial charge < -0.3 is 25.8 Å². The summed E-state index contributed by atoms with van der Waals surface area (Å²) in [6.45, 7) is 3.60. The first-order valence-electron chi connectivity index (χ1n) is 6.74. The van der Waals surface area contributed by atoms with Crippen LogP contribution in [0.5, 0.6) is 11.5 Å². The van der Waals surface area contributed by atoms with Crippen LogP contribution in [0, 0.1) is 0 Å². The van der Waals surface area contributed by atoms with Crippen LogP contribution < -0.4 is 25.8 Å². The van der Waals surface area contributed by atoms with Crippen molar-refractivity contribution in [3.63, 3.8) is 0 Å². The molecule has 0 atom stereocenters. The molecule has 4 N–H and O–H groups in total. The van der Waals surface area contributed by atoms with E-state index in [-0.39, 0.29) is 6.79 Å². The first kappa shape index (κ1) is 13.3. The summed E-state index contributed by atoms with van der Waals surface area (Å²) in [5.74, 6) is 2.78. The van der Waals surface area contributed by atoms with E-state index >= 15 is 0 Å². The summed E-state index contributed by atoms with van der Waals surface area (Å²) < 4.78 is 10.6. The highest BCUT2D eigenvalue weighted by molar-refractivity contribution is 5.73. The molecule has 0 saturated heterocycles. The highest BCUT2D eigenvalue weighted by atomic mass is 16.7. The van der Waals surface area contributed by atoms with Crippen molar-refractivity contribution in [1.82, 2.24) is 9.97 Å². The number of anilines is 3. The van der Waals surface area contributed by atoms with E-state index in [1.165, 1.54) is 6.33 Å². The van der Waals surface area contributed by atoms with Gasteiger partial charge in [-0.25, -0.2) is 9.97 Å². The molecule has 0 unspecified atom stereocenters. The molecule has 1 aliphatic rings. The molecule has 1 aromatic carbocycles. The van der Waals surface area contributed by atoms with Gasteiger partial charge in [-0.3, -0.25) is 0 Å². The van der Waals surface area contributed by atoms with Crippen LogP contribution in [0.3, 0.4) is 0 Å². The van der Waals surface area contributed by atoms with Crippen LogP contribution in [-0.2, 0) is 6.54 Å². The maximum absolute atomic E-state index is 6.03. The molecular formula is C14H17N5O2. The van der Waals surface area contributed by atoms with Crippen molar-refractivity contribution in [2.45, 2.75) is 13.5 Å². The minimum Gasteiger partial charge on any atom is -0.454 e. The van der Waals surface area contributed by atoms with Crippen LogP contribution in [0.1, 0.15) is 12.5 Å². The molecule has 110 valence electrons. The number of hydrogen-bond acceptors (Lipinski definition) is 7. The number of fused-ring (bicyclic) bond motifs is 1. The van der Waals surface area contributed by atoms with E-state index in [0.717, 1.165) is 23.6 Å². The van der Waals surface area contributed by atoms with Gasteiger partial charge in [-0.15, -0.1) is 0 Å². The minimum atomic E-state index is 0.275. The summed E-state index contributed by atoms with van der Waals surface area (Å²) in [5, 5.41) is 6.30. The summed E-state index contributed by atoms with van der Waals surface area (Å²) in [6, 6.07) is 5.81. The van der Waals surface area contributed by atoms with Gasteiger partial charge in [0.05, 0.1) is 0 Å². The van der Waals surface area contributed by atoms with Crippen molar-refractivity contribution in [3.8, 4) is 11.5 Å². The SMILES string of the molecule is CCNc1ncnc(NCc2ccc3c(c2)OCO3)c1N. The van der Waals surface area contributed by atoms with Crippen LogP contribution >= 0.6 is 0 Å². The van der Waals surface area contributed by atoms with Gasteiger partial charge in [-0.05, 0) is 24.6 Å². The predicted octanol–water partition coefficient (Wildman–Crippen LogP) is 1.83. The van der Waals surface area contributed by atoms with Gasteiger partial charge in [0, 0.05) is 13.1 Å². The fourth-order valence-electron chi connectivity index (χ4n) is 2.08. The summed E-state index contributed by atoms with van der Waals surface area (Å²) >= 11 is 0. The Hall–Kier alpha value is -2.70. The van der Waals surface area contributed by atoms with Crippen molar-refractivity contribution in [2.75, 3.05) is 29.7 Å². The number of nitrogens with two attached hydrogens (primary N) is 1. The van der Waals surface area contributed by atoms with Crippen LogP contribution in [0.2, 0.25) is 0 Å². The van der Waals surface area contributed by atoms with Crippen LogP contribution in [0.25, 0.3) is 0 Å². The van der Waals surface area contributed by atoms with E-state index in [0.29, 0.717) is 23.9 Å². The molecule has 0 saturated carbocycles. The number of hydrogen-bond donors (Lipinski definition) is 3. The average Bonchev–Trinajstić information content (AvgIpc) is 2.96. The Morgan fingerprint density at radius 2 is 1.90 bits per heavy atom. The molecule has 0 fully saturated rings. The number of benzene rings is 1. The molecule has 0 spiro atoms. The Balaban J connectivity index is 1.71. The van der Waals surface area contributed by atoms with E-state index in [1.54, 1.807) is 0 Å². The molecule has 0 aliphatic carbocycles. The van der Waals surface area contributed by atoms with E-state index in [2.05, 4.69) is 20.6 Å². The molecule has 0 radical (unpaired) electrons. The monoisotopic (exact) mass is 287 g/mol. The number of nitrogens with one attached hydrogen (secondary N) is 2. The molecule has 1 aromatic heterocycles. The quantitative estimate of drug-likeness (QED) is 0.772. The lowest BCUT2D eigenvalue weighted by molar-refractivity contribution is 0.174. The number of rotatable bonds is 5. The fraction of sp³-hybridized carbons (Fsp3) is 0.286. The molecule has 7 nitrogen and oxygen atoms in total. The Morgan fingerprint density at radius 1 is 1.14 bits per heavy atom. The topological polar surface area (TPSA) is 94.3 Å². The maximum atomic E-state index is 6.03. The minimum absolute atomic E-state index is 0.275. The lowest BCUT2D eigenvalue weighted by atomic mass is 10.2. The molecule has 7 heteroatoms. The Morgan fingerprint density at radius 3 is 2.71 bits per heavy atom. The van der Waals surface area contributed by atoms with Gasteiger partial charge >= 0.3 is 0 Å². The van der Waals surface area contributed by atoms with Crippen molar-refractivity contribution in [1.29, 1.82) is 0 Å². The van der Waals surface area contributed by atoms with Gasteiger partial charge in [0.1, 0.15) is 12.0 Å². The van der Waals surface area contributed by atoms with E-state index < -0.39 is 0 Å². The Labute approximate surface area is 122 Å². The lowest BCUT2D eigenvalue weighted by Crippen LogP contribution is -2.09. The third kappa shape index (κ3) is 2.76. The highest BCUT2D eigenvalue weighted by Gasteiger charge is 2.13. The molecule has 2 aromatic rings. The molecule has 1 aliphatic heterocycles. The van der Waals surface area contributed by atoms with Crippen LogP contribution in [0.4, 0.5) is 17.3 Å². The average molecular weight is 287 g/mol. The predicted molar refractivity (Wildman–Crippen MR) is 80.5 cm³/mol. The summed E-state index contributed by atoms with van der Waals surface area (Å²) in [6.07, 6.45) is 1.48. The number of nitrogens with zero attached hydrogens (tertiary/aromatic N) is 2. The fourth-order valence-corrected chi connectivity index (χ4v) is 2.08. The summed E-state index contributed by atoms with van der Waals surface area (Å²) in [4.78, 5) is 8.27. The molecule has 0 bridgehead atoms. The maximum Gasteiger partial charge on any atom is 0.231 e. The lowest BCUT2D eigenvalue weighted by Gasteiger charge is -2.11. The number of ether oxygens (including phenoxy) is 2. The van der Waals surface area contributed by atoms with Crippen molar-refractivity contribution < 1.29 is 9.47 Å². The zero-order valence-electron chi connectivity index (χ0n) is 11.7. The third-order valence-corrected chi connectivity index (χ3v) is 3.13. The second-order valence-corrected chi connectivity index (χ2v) is 4.56. The zero-order chi connectivity index (χ0) is 14.7. The summed E-state index contributed by atoms with van der Waals surface area (Å²) in [7, 11) is 0. The van der Waals surface area contributed by atoms with E-state index in [1.807, 2.05) is 25.1 Å². The number of aromatic nitrogens is 2. The second kappa shape index (κ2) is 5.74. The standard InChI is InChI=1S/C14H17N5O2/c1-2-16-13-12(15)14(19-7-18-13)17-6-9-3-4-10-11(5-9)21-8-20-10/h3-5,7H,2,6,8,15H2,1H3,(H2,16,17,18,19). The second-order valence-electron chi connectivity index (χ2n) is 4.56. The third-order valence-electron chi connectivity index (χ3n) is 3.13.